The van der Waals surface area contributed by atoms with Gasteiger partial charge in [0.15, 0.2) is 5.69 Å². The Kier molecular flexibility index (Phi) is 5.91. The van der Waals surface area contributed by atoms with Gasteiger partial charge in [0.25, 0.3) is 5.91 Å². The molecule has 2 aromatic heterocycles. The Labute approximate surface area is 176 Å². The van der Waals surface area contributed by atoms with Gasteiger partial charge >= 0.3 is 6.18 Å². The molecule has 0 spiro atoms. The molecule has 0 unspecified atom stereocenters. The second-order valence-electron chi connectivity index (χ2n) is 6.76. The molecule has 30 heavy (non-hydrogen) atoms. The molecule has 0 atom stereocenters. The Morgan fingerprint density at radius 2 is 1.80 bits per heavy atom. The van der Waals surface area contributed by atoms with E-state index >= 15 is 0 Å². The number of hydrogen-bond donors (Lipinski definition) is 0. The van der Waals surface area contributed by atoms with Crippen LogP contribution in [0.3, 0.4) is 0 Å². The molecule has 166 valence electrons. The molecule has 1 fully saturated rings. The van der Waals surface area contributed by atoms with Crippen molar-refractivity contribution in [1.82, 2.24) is 28.8 Å². The van der Waals surface area contributed by atoms with Crippen LogP contribution in [0.15, 0.2) is 11.1 Å². The zero-order chi connectivity index (χ0) is 22.4. The van der Waals surface area contributed by atoms with Crippen LogP contribution in [0, 0.1) is 6.92 Å². The van der Waals surface area contributed by atoms with Crippen molar-refractivity contribution in [3.63, 3.8) is 0 Å². The molecule has 0 saturated carbocycles. The average Bonchev–Trinajstić information content (AvgIpc) is 3.20. The fourth-order valence-electron chi connectivity index (χ4n) is 3.25. The standard InChI is InChI=1S/C16H20ClF3N6O3S/c1-4-25-9-11(10(2)21-25)30(28,29)26-7-5-24(6-8-26)15(27)13-12(17)14(16(18,19)20)22-23(13)3/h9H,4-8H2,1-3H3. The zero-order valence-electron chi connectivity index (χ0n) is 16.4. The van der Waals surface area contributed by atoms with E-state index in [-0.39, 0.29) is 36.8 Å². The Morgan fingerprint density at radius 1 is 1.20 bits per heavy atom. The molecular formula is C16H20ClF3N6O3S. The molecule has 3 heterocycles. The highest BCUT2D eigenvalue weighted by Gasteiger charge is 2.41. The predicted octanol–water partition coefficient (Wildman–Crippen LogP) is 1.76. The number of piperazine rings is 1. The maximum absolute atomic E-state index is 13.0. The Bertz CT molecular complexity index is 1070. The van der Waals surface area contributed by atoms with Crippen LogP contribution in [0.25, 0.3) is 0 Å². The van der Waals surface area contributed by atoms with E-state index in [0.717, 1.165) is 4.68 Å². The van der Waals surface area contributed by atoms with E-state index < -0.39 is 32.8 Å². The Morgan fingerprint density at radius 3 is 2.27 bits per heavy atom. The van der Waals surface area contributed by atoms with Gasteiger partial charge in [0, 0.05) is 46.0 Å². The minimum atomic E-state index is -4.79. The number of halogens is 4. The van der Waals surface area contributed by atoms with Gasteiger partial charge in [0.1, 0.15) is 15.6 Å². The number of carbonyl (C=O) groups excluding carboxylic acids is 1. The van der Waals surface area contributed by atoms with Gasteiger partial charge in [-0.3, -0.25) is 14.2 Å². The van der Waals surface area contributed by atoms with Gasteiger partial charge in [-0.1, -0.05) is 11.6 Å². The molecule has 0 N–H and O–H groups in total. The van der Waals surface area contributed by atoms with E-state index in [1.165, 1.54) is 27.1 Å². The third-order valence-electron chi connectivity index (χ3n) is 4.83. The predicted molar refractivity (Wildman–Crippen MR) is 101 cm³/mol. The number of amides is 1. The largest absolute Gasteiger partial charge is 0.436 e. The lowest BCUT2D eigenvalue weighted by Gasteiger charge is -2.33. The van der Waals surface area contributed by atoms with Crippen molar-refractivity contribution in [2.45, 2.75) is 31.5 Å². The maximum Gasteiger partial charge on any atom is 0.436 e. The molecule has 0 bridgehead atoms. The van der Waals surface area contributed by atoms with Gasteiger partial charge in [0.2, 0.25) is 10.0 Å². The number of alkyl halides is 3. The van der Waals surface area contributed by atoms with E-state index in [2.05, 4.69) is 10.2 Å². The summed E-state index contributed by atoms with van der Waals surface area (Å²) in [6, 6.07) is 0. The van der Waals surface area contributed by atoms with Crippen LogP contribution >= 0.6 is 11.6 Å². The van der Waals surface area contributed by atoms with Gasteiger partial charge in [-0.25, -0.2) is 8.42 Å². The first-order chi connectivity index (χ1) is 13.9. The Hall–Kier alpha value is -2.12. The van der Waals surface area contributed by atoms with E-state index in [1.54, 1.807) is 6.92 Å². The van der Waals surface area contributed by atoms with Crippen molar-refractivity contribution < 1.29 is 26.4 Å². The summed E-state index contributed by atoms with van der Waals surface area (Å²) in [5.41, 5.74) is -1.35. The minimum absolute atomic E-state index is 0.00187. The van der Waals surface area contributed by atoms with Crippen molar-refractivity contribution in [3.8, 4) is 0 Å². The van der Waals surface area contributed by atoms with Crippen LogP contribution in [0.2, 0.25) is 5.02 Å². The van der Waals surface area contributed by atoms with Crippen LogP contribution in [-0.4, -0.2) is 69.3 Å². The van der Waals surface area contributed by atoms with Crippen LogP contribution < -0.4 is 0 Å². The molecule has 0 aliphatic carbocycles. The lowest BCUT2D eigenvalue weighted by Crippen LogP contribution is -2.50. The molecule has 0 radical (unpaired) electrons. The van der Waals surface area contributed by atoms with E-state index in [0.29, 0.717) is 12.2 Å². The summed E-state index contributed by atoms with van der Waals surface area (Å²) < 4.78 is 68.3. The van der Waals surface area contributed by atoms with Gasteiger partial charge < -0.3 is 4.90 Å². The fourth-order valence-corrected chi connectivity index (χ4v) is 5.19. The van der Waals surface area contributed by atoms with E-state index in [1.807, 2.05) is 6.92 Å². The Balaban J connectivity index is 1.77. The normalized spacial score (nSPS) is 16.3. The number of aryl methyl sites for hydroxylation is 3. The summed E-state index contributed by atoms with van der Waals surface area (Å²) >= 11 is 5.78. The number of hydrogen-bond acceptors (Lipinski definition) is 5. The van der Waals surface area contributed by atoms with Crippen LogP contribution in [-0.2, 0) is 29.8 Å². The quantitative estimate of drug-likeness (QED) is 0.681. The molecule has 1 saturated heterocycles. The first-order valence-electron chi connectivity index (χ1n) is 9.01. The minimum Gasteiger partial charge on any atom is -0.335 e. The summed E-state index contributed by atoms with van der Waals surface area (Å²) in [5, 5.41) is 6.68. The summed E-state index contributed by atoms with van der Waals surface area (Å²) in [6.07, 6.45) is -3.34. The zero-order valence-corrected chi connectivity index (χ0v) is 18.0. The van der Waals surface area contributed by atoms with Gasteiger partial charge in [-0.2, -0.15) is 27.7 Å². The second kappa shape index (κ2) is 7.85. The molecule has 9 nitrogen and oxygen atoms in total. The van der Waals surface area contributed by atoms with Gasteiger partial charge in [0.05, 0.1) is 5.69 Å². The van der Waals surface area contributed by atoms with Gasteiger partial charge in [-0.15, -0.1) is 0 Å². The molecule has 14 heteroatoms. The van der Waals surface area contributed by atoms with E-state index in [9.17, 15) is 26.4 Å². The molecule has 0 aromatic carbocycles. The molecular weight excluding hydrogens is 449 g/mol. The SMILES string of the molecule is CCn1cc(S(=O)(=O)N2CCN(C(=O)c3c(Cl)c(C(F)(F)F)nn3C)CC2)c(C)n1. The third kappa shape index (κ3) is 3.93. The fraction of sp³-hybridized carbons (Fsp3) is 0.562. The summed E-state index contributed by atoms with van der Waals surface area (Å²) in [5.74, 6) is -0.738. The molecule has 1 aliphatic heterocycles. The molecule has 1 aliphatic rings. The van der Waals surface area contributed by atoms with Crippen molar-refractivity contribution in [3.05, 3.63) is 28.3 Å². The third-order valence-corrected chi connectivity index (χ3v) is 7.19. The van der Waals surface area contributed by atoms with Crippen LogP contribution in [0.1, 0.15) is 28.8 Å². The van der Waals surface area contributed by atoms with Crippen molar-refractivity contribution in [2.75, 3.05) is 26.2 Å². The van der Waals surface area contributed by atoms with E-state index in [4.69, 9.17) is 11.6 Å². The van der Waals surface area contributed by atoms with Crippen molar-refractivity contribution in [1.29, 1.82) is 0 Å². The maximum atomic E-state index is 13.0. The highest BCUT2D eigenvalue weighted by Crippen LogP contribution is 2.35. The van der Waals surface area contributed by atoms with Crippen molar-refractivity contribution >= 4 is 27.5 Å². The lowest BCUT2D eigenvalue weighted by atomic mass is 10.2. The second-order valence-corrected chi connectivity index (χ2v) is 9.05. The average molecular weight is 469 g/mol. The first-order valence-corrected chi connectivity index (χ1v) is 10.8. The smallest absolute Gasteiger partial charge is 0.335 e. The summed E-state index contributed by atoms with van der Waals surface area (Å²) in [7, 11) is -2.61. The highest BCUT2D eigenvalue weighted by atomic mass is 35.5. The van der Waals surface area contributed by atoms with Crippen molar-refractivity contribution in [2.24, 2.45) is 7.05 Å². The monoisotopic (exact) mass is 468 g/mol. The number of sulfonamides is 1. The van der Waals surface area contributed by atoms with Gasteiger partial charge in [-0.05, 0) is 13.8 Å². The first kappa shape index (κ1) is 22.6. The number of aromatic nitrogens is 4. The van der Waals surface area contributed by atoms with Crippen LogP contribution in [0.5, 0.6) is 0 Å². The molecule has 2 aromatic rings. The summed E-state index contributed by atoms with van der Waals surface area (Å²) in [4.78, 5) is 14.1. The topological polar surface area (TPSA) is 93.3 Å². The molecule has 3 rings (SSSR count). The molecule has 1 amide bonds. The lowest BCUT2D eigenvalue weighted by molar-refractivity contribution is -0.141. The number of nitrogens with zero attached hydrogens (tertiary/aromatic N) is 6. The number of carbonyl (C=O) groups is 1. The number of rotatable bonds is 4. The van der Waals surface area contributed by atoms with Crippen LogP contribution in [0.4, 0.5) is 13.2 Å². The highest BCUT2D eigenvalue weighted by molar-refractivity contribution is 7.89. The summed E-state index contributed by atoms with van der Waals surface area (Å²) in [6.45, 7) is 3.94.